The zero-order valence-corrected chi connectivity index (χ0v) is 15.8. The number of amidine groups is 1. The minimum atomic E-state index is -4.59. The molecule has 1 aliphatic rings. The first-order valence-corrected chi connectivity index (χ1v) is 9.12. The van der Waals surface area contributed by atoms with E-state index in [1.165, 1.54) is 12.1 Å². The number of H-pyrrole nitrogens is 1. The molecule has 2 heterocycles. The summed E-state index contributed by atoms with van der Waals surface area (Å²) in [4.78, 5) is 16.9. The fourth-order valence-electron chi connectivity index (χ4n) is 2.79. The second-order valence-electron chi connectivity index (χ2n) is 6.48. The first kappa shape index (κ1) is 21.3. The maximum atomic E-state index is 13.6. The van der Waals surface area contributed by atoms with Crippen molar-refractivity contribution in [3.63, 3.8) is 0 Å². The quantitative estimate of drug-likeness (QED) is 0.438. The van der Waals surface area contributed by atoms with Crippen LogP contribution in [0.5, 0.6) is 0 Å². The smallest absolute Gasteiger partial charge is 0.379 e. The van der Waals surface area contributed by atoms with Gasteiger partial charge in [0.2, 0.25) is 0 Å². The monoisotopic (exact) mass is 432 g/mol. The number of hydrogen-bond donors (Lipinski definition) is 2. The van der Waals surface area contributed by atoms with Crippen molar-refractivity contribution in [2.75, 3.05) is 13.2 Å². The number of rotatable bonds is 4. The molecule has 1 saturated heterocycles. The van der Waals surface area contributed by atoms with Gasteiger partial charge < -0.3 is 10.1 Å². The van der Waals surface area contributed by atoms with Crippen LogP contribution in [0.15, 0.2) is 29.3 Å². The van der Waals surface area contributed by atoms with Gasteiger partial charge in [-0.1, -0.05) is 11.6 Å². The summed E-state index contributed by atoms with van der Waals surface area (Å²) >= 11 is 5.62. The van der Waals surface area contributed by atoms with Gasteiger partial charge in [0.1, 0.15) is 11.7 Å². The Bertz CT molecular complexity index is 908. The molecule has 1 fully saturated rings. The van der Waals surface area contributed by atoms with E-state index >= 15 is 0 Å². The molecule has 29 heavy (non-hydrogen) atoms. The second-order valence-corrected chi connectivity index (χ2v) is 6.89. The number of amides is 1. The van der Waals surface area contributed by atoms with Gasteiger partial charge >= 0.3 is 6.18 Å². The van der Waals surface area contributed by atoms with Crippen molar-refractivity contribution in [2.24, 2.45) is 4.99 Å². The Hall–Kier alpha value is -2.46. The average molecular weight is 433 g/mol. The predicted octanol–water partition coefficient (Wildman–Crippen LogP) is 3.77. The molecule has 0 radical (unpaired) electrons. The molecule has 1 aromatic carbocycles. The van der Waals surface area contributed by atoms with E-state index in [1.54, 1.807) is 0 Å². The summed E-state index contributed by atoms with van der Waals surface area (Å²) < 4.78 is 57.3. The van der Waals surface area contributed by atoms with Crippen LogP contribution in [0.1, 0.15) is 34.6 Å². The molecular weight excluding hydrogens is 416 g/mol. The fraction of sp³-hybridized carbons (Fsp3) is 0.389. The standard InChI is InChI=1S/C18H17ClF4N4O2/c19-13-4-3-10(6-14(13)20)17(28)25-16(24-11-2-1-5-29-9-11)8-12-7-15(27-26-12)18(21,22)23/h3-4,6-7,11H,1-2,5,8-9H2,(H,26,27)(H,24,25,28). The summed E-state index contributed by atoms with van der Waals surface area (Å²) in [6.07, 6.45) is -3.22. The molecule has 1 unspecified atom stereocenters. The van der Waals surface area contributed by atoms with E-state index in [0.717, 1.165) is 18.6 Å². The van der Waals surface area contributed by atoms with E-state index in [0.29, 0.717) is 19.6 Å². The Balaban J connectivity index is 1.80. The van der Waals surface area contributed by atoms with E-state index in [9.17, 15) is 22.4 Å². The van der Waals surface area contributed by atoms with Gasteiger partial charge in [-0.3, -0.25) is 14.9 Å². The normalized spacial score (nSPS) is 18.0. The summed E-state index contributed by atoms with van der Waals surface area (Å²) in [6.45, 7) is 0.943. The highest BCUT2D eigenvalue weighted by Crippen LogP contribution is 2.27. The molecule has 6 nitrogen and oxygen atoms in total. The highest BCUT2D eigenvalue weighted by atomic mass is 35.5. The number of alkyl halides is 3. The first-order valence-electron chi connectivity index (χ1n) is 8.74. The third kappa shape index (κ3) is 5.77. The van der Waals surface area contributed by atoms with Crippen molar-refractivity contribution in [1.82, 2.24) is 15.5 Å². The number of carbonyl (C=O) groups excluding carboxylic acids is 1. The second kappa shape index (κ2) is 8.91. The number of halogens is 5. The maximum absolute atomic E-state index is 13.6. The van der Waals surface area contributed by atoms with Crippen molar-refractivity contribution >= 4 is 23.3 Å². The Labute approximate surface area is 168 Å². The molecule has 0 bridgehead atoms. The number of carbonyl (C=O) groups is 1. The van der Waals surface area contributed by atoms with Crippen LogP contribution in [-0.2, 0) is 17.3 Å². The molecule has 1 atom stereocenters. The van der Waals surface area contributed by atoms with Gasteiger partial charge in [0.25, 0.3) is 5.91 Å². The highest BCUT2D eigenvalue weighted by molar-refractivity contribution is 6.30. The van der Waals surface area contributed by atoms with Gasteiger partial charge in [0.15, 0.2) is 5.69 Å². The molecule has 0 aliphatic carbocycles. The summed E-state index contributed by atoms with van der Waals surface area (Å²) in [5.74, 6) is -1.30. The van der Waals surface area contributed by atoms with E-state index in [-0.39, 0.29) is 34.6 Å². The van der Waals surface area contributed by atoms with Gasteiger partial charge in [0.05, 0.1) is 17.7 Å². The van der Waals surface area contributed by atoms with Gasteiger partial charge in [-0.25, -0.2) is 4.39 Å². The predicted molar refractivity (Wildman–Crippen MR) is 97.4 cm³/mol. The molecule has 156 valence electrons. The summed E-state index contributed by atoms with van der Waals surface area (Å²) in [5.41, 5.74) is -0.950. The molecule has 3 rings (SSSR count). The first-order chi connectivity index (χ1) is 13.7. The molecule has 1 aliphatic heterocycles. The van der Waals surface area contributed by atoms with Crippen molar-refractivity contribution in [3.05, 3.63) is 52.1 Å². The van der Waals surface area contributed by atoms with E-state index in [4.69, 9.17) is 16.3 Å². The largest absolute Gasteiger partial charge is 0.435 e. The summed E-state index contributed by atoms with van der Waals surface area (Å²) in [7, 11) is 0. The lowest BCUT2D eigenvalue weighted by Gasteiger charge is -2.20. The zero-order valence-electron chi connectivity index (χ0n) is 15.0. The number of aromatic amines is 1. The van der Waals surface area contributed by atoms with Crippen LogP contribution in [0, 0.1) is 5.82 Å². The third-order valence-electron chi connectivity index (χ3n) is 4.19. The van der Waals surface area contributed by atoms with Crippen molar-refractivity contribution in [1.29, 1.82) is 0 Å². The maximum Gasteiger partial charge on any atom is 0.435 e. The number of nitrogens with zero attached hydrogens (tertiary/aromatic N) is 2. The Morgan fingerprint density at radius 2 is 2.17 bits per heavy atom. The van der Waals surface area contributed by atoms with Gasteiger partial charge in [0, 0.05) is 24.3 Å². The number of aromatic nitrogens is 2. The topological polar surface area (TPSA) is 79.4 Å². The van der Waals surface area contributed by atoms with E-state index in [2.05, 4.69) is 20.5 Å². The van der Waals surface area contributed by atoms with Crippen LogP contribution in [0.25, 0.3) is 0 Å². The molecule has 11 heteroatoms. The van der Waals surface area contributed by atoms with Gasteiger partial charge in [-0.05, 0) is 37.1 Å². The molecular formula is C18H17ClF4N4O2. The lowest BCUT2D eigenvalue weighted by atomic mass is 10.1. The summed E-state index contributed by atoms with van der Waals surface area (Å²) in [5, 5.41) is 7.95. The minimum absolute atomic E-state index is 0.0000791. The SMILES string of the molecule is O=C(NC(Cc1cc(C(F)(F)F)n[nH]1)=NC1CCCOC1)c1ccc(Cl)c(F)c1. The van der Waals surface area contributed by atoms with E-state index < -0.39 is 23.6 Å². The Morgan fingerprint density at radius 1 is 1.38 bits per heavy atom. The zero-order chi connectivity index (χ0) is 21.0. The number of ether oxygens (including phenoxy) is 1. The lowest BCUT2D eigenvalue weighted by molar-refractivity contribution is -0.141. The van der Waals surface area contributed by atoms with Crippen LogP contribution in [0.2, 0.25) is 5.02 Å². The van der Waals surface area contributed by atoms with Gasteiger partial charge in [-0.2, -0.15) is 18.3 Å². The van der Waals surface area contributed by atoms with Gasteiger partial charge in [-0.15, -0.1) is 0 Å². The summed E-state index contributed by atoms with van der Waals surface area (Å²) in [6, 6.07) is 4.14. The molecule has 0 saturated carbocycles. The van der Waals surface area contributed by atoms with Crippen LogP contribution in [0.4, 0.5) is 17.6 Å². The highest BCUT2D eigenvalue weighted by Gasteiger charge is 2.34. The molecule has 1 amide bonds. The number of benzene rings is 1. The van der Waals surface area contributed by atoms with Crippen LogP contribution >= 0.6 is 11.6 Å². The lowest BCUT2D eigenvalue weighted by Crippen LogP contribution is -2.34. The van der Waals surface area contributed by atoms with Crippen LogP contribution < -0.4 is 5.32 Å². The fourth-order valence-corrected chi connectivity index (χ4v) is 2.90. The number of aliphatic imine (C=N–C) groups is 1. The number of hydrogen-bond acceptors (Lipinski definition) is 4. The van der Waals surface area contributed by atoms with Crippen molar-refractivity contribution < 1.29 is 27.1 Å². The van der Waals surface area contributed by atoms with E-state index in [1.807, 2.05) is 0 Å². The van der Waals surface area contributed by atoms with Crippen LogP contribution in [0.3, 0.4) is 0 Å². The third-order valence-corrected chi connectivity index (χ3v) is 4.50. The Kier molecular flexibility index (Phi) is 6.53. The minimum Gasteiger partial charge on any atom is -0.379 e. The average Bonchev–Trinajstić information content (AvgIpc) is 3.13. The van der Waals surface area contributed by atoms with Crippen molar-refractivity contribution in [2.45, 2.75) is 31.5 Å². The van der Waals surface area contributed by atoms with Crippen LogP contribution in [-0.4, -0.2) is 41.2 Å². The molecule has 2 N–H and O–H groups in total. The molecule has 1 aromatic heterocycles. The van der Waals surface area contributed by atoms with Crippen molar-refractivity contribution in [3.8, 4) is 0 Å². The molecule has 0 spiro atoms. The Morgan fingerprint density at radius 3 is 2.79 bits per heavy atom. The molecule has 2 aromatic rings. The number of nitrogens with one attached hydrogen (secondary N) is 2.